The molecule has 1 saturated heterocycles. The number of likely N-dealkylation sites (N-methyl/N-ethyl adjacent to an activating group) is 1. The van der Waals surface area contributed by atoms with Crippen LogP contribution in [0.4, 0.5) is 0 Å². The molecule has 0 aromatic heterocycles. The summed E-state index contributed by atoms with van der Waals surface area (Å²) >= 11 is 0. The lowest BCUT2D eigenvalue weighted by atomic mass is 10.0. The van der Waals surface area contributed by atoms with Crippen molar-refractivity contribution in [3.05, 3.63) is 0 Å². The second kappa shape index (κ2) is 5.64. The van der Waals surface area contributed by atoms with E-state index in [9.17, 15) is 4.79 Å². The number of hydrogen-bond acceptors (Lipinski definition) is 3. The highest BCUT2D eigenvalue weighted by Gasteiger charge is 2.33. The summed E-state index contributed by atoms with van der Waals surface area (Å²) in [4.78, 5) is 14.0. The standard InChI is InChI=1S/C12H24N2O2/c1-12(2,16-4)11(15)14(3)10-6-5-8-13-9-7-10/h10,13H,5-9H2,1-4H3. The zero-order valence-electron chi connectivity index (χ0n) is 10.9. The molecule has 1 fully saturated rings. The smallest absolute Gasteiger partial charge is 0.254 e. The summed E-state index contributed by atoms with van der Waals surface area (Å²) in [7, 11) is 3.47. The number of rotatable bonds is 3. The van der Waals surface area contributed by atoms with Crippen LogP contribution in [-0.4, -0.2) is 49.7 Å². The van der Waals surface area contributed by atoms with Gasteiger partial charge in [0.25, 0.3) is 5.91 Å². The summed E-state index contributed by atoms with van der Waals surface area (Å²) in [5.74, 6) is 0.0712. The molecule has 0 radical (unpaired) electrons. The third-order valence-electron chi connectivity index (χ3n) is 3.44. The summed E-state index contributed by atoms with van der Waals surface area (Å²) in [6.07, 6.45) is 3.24. The Balaban J connectivity index is 2.61. The Kier molecular flexibility index (Phi) is 4.74. The van der Waals surface area contributed by atoms with E-state index in [-0.39, 0.29) is 5.91 Å². The molecule has 1 rings (SSSR count). The maximum Gasteiger partial charge on any atom is 0.254 e. The van der Waals surface area contributed by atoms with Crippen molar-refractivity contribution in [3.8, 4) is 0 Å². The molecular weight excluding hydrogens is 204 g/mol. The quantitative estimate of drug-likeness (QED) is 0.784. The fourth-order valence-corrected chi connectivity index (χ4v) is 2.07. The predicted molar refractivity (Wildman–Crippen MR) is 64.4 cm³/mol. The highest BCUT2D eigenvalue weighted by molar-refractivity contribution is 5.84. The Morgan fingerprint density at radius 3 is 2.69 bits per heavy atom. The largest absolute Gasteiger partial charge is 0.369 e. The lowest BCUT2D eigenvalue weighted by molar-refractivity contribution is -0.152. The van der Waals surface area contributed by atoms with Crippen LogP contribution in [-0.2, 0) is 9.53 Å². The highest BCUT2D eigenvalue weighted by Crippen LogP contribution is 2.18. The van der Waals surface area contributed by atoms with Gasteiger partial charge in [0.1, 0.15) is 5.60 Å². The van der Waals surface area contributed by atoms with Crippen LogP contribution in [0.25, 0.3) is 0 Å². The first kappa shape index (κ1) is 13.5. The first-order valence-electron chi connectivity index (χ1n) is 6.02. The van der Waals surface area contributed by atoms with Crippen molar-refractivity contribution in [2.45, 2.75) is 44.8 Å². The van der Waals surface area contributed by atoms with Crippen molar-refractivity contribution < 1.29 is 9.53 Å². The normalized spacial score (nSPS) is 22.6. The summed E-state index contributed by atoms with van der Waals surface area (Å²) in [5.41, 5.74) is -0.714. The molecule has 0 saturated carbocycles. The third kappa shape index (κ3) is 3.19. The van der Waals surface area contributed by atoms with E-state index in [1.165, 1.54) is 0 Å². The van der Waals surface area contributed by atoms with Crippen LogP contribution in [0, 0.1) is 0 Å². The SMILES string of the molecule is COC(C)(C)C(=O)N(C)C1CCCNCC1. The minimum absolute atomic E-state index is 0.0712. The predicted octanol–water partition coefficient (Wildman–Crippen LogP) is 1.01. The van der Waals surface area contributed by atoms with Gasteiger partial charge in [-0.1, -0.05) is 0 Å². The molecule has 0 bridgehead atoms. The van der Waals surface area contributed by atoms with Gasteiger partial charge in [-0.15, -0.1) is 0 Å². The monoisotopic (exact) mass is 228 g/mol. The van der Waals surface area contributed by atoms with E-state index in [0.717, 1.165) is 32.4 Å². The van der Waals surface area contributed by atoms with Gasteiger partial charge in [0.05, 0.1) is 0 Å². The number of ether oxygens (including phenoxy) is 1. The average Bonchev–Trinajstić information content (AvgIpc) is 2.55. The number of hydrogen-bond donors (Lipinski definition) is 1. The van der Waals surface area contributed by atoms with Crippen molar-refractivity contribution in [1.82, 2.24) is 10.2 Å². The third-order valence-corrected chi connectivity index (χ3v) is 3.44. The fraction of sp³-hybridized carbons (Fsp3) is 0.917. The summed E-state index contributed by atoms with van der Waals surface area (Å²) < 4.78 is 5.24. The van der Waals surface area contributed by atoms with Gasteiger partial charge in [-0.05, 0) is 46.2 Å². The van der Waals surface area contributed by atoms with Crippen LogP contribution in [0.15, 0.2) is 0 Å². The van der Waals surface area contributed by atoms with Crippen molar-refractivity contribution in [1.29, 1.82) is 0 Å². The summed E-state index contributed by atoms with van der Waals surface area (Å²) in [6.45, 7) is 5.70. The van der Waals surface area contributed by atoms with E-state index in [1.54, 1.807) is 7.11 Å². The Bertz CT molecular complexity index is 233. The minimum atomic E-state index is -0.714. The van der Waals surface area contributed by atoms with Gasteiger partial charge >= 0.3 is 0 Å². The van der Waals surface area contributed by atoms with Crippen LogP contribution < -0.4 is 5.32 Å². The van der Waals surface area contributed by atoms with E-state index in [4.69, 9.17) is 4.74 Å². The molecule has 0 aromatic carbocycles. The first-order chi connectivity index (χ1) is 7.49. The second-order valence-electron chi connectivity index (χ2n) is 4.97. The van der Waals surface area contributed by atoms with Gasteiger partial charge in [0.2, 0.25) is 0 Å². The molecule has 0 aromatic rings. The molecule has 16 heavy (non-hydrogen) atoms. The minimum Gasteiger partial charge on any atom is -0.369 e. The number of nitrogens with zero attached hydrogens (tertiary/aromatic N) is 1. The van der Waals surface area contributed by atoms with Crippen LogP contribution >= 0.6 is 0 Å². The molecular formula is C12H24N2O2. The van der Waals surface area contributed by atoms with Gasteiger partial charge in [-0.3, -0.25) is 4.79 Å². The topological polar surface area (TPSA) is 41.6 Å². The lowest BCUT2D eigenvalue weighted by Gasteiger charge is -2.33. The Labute approximate surface area is 98.3 Å². The second-order valence-corrected chi connectivity index (χ2v) is 4.97. The molecule has 1 amide bonds. The number of carbonyl (C=O) groups excluding carboxylic acids is 1. The number of methoxy groups -OCH3 is 1. The van der Waals surface area contributed by atoms with Crippen LogP contribution in [0.3, 0.4) is 0 Å². The van der Waals surface area contributed by atoms with Crippen molar-refractivity contribution in [3.63, 3.8) is 0 Å². The molecule has 1 N–H and O–H groups in total. The van der Waals surface area contributed by atoms with E-state index in [1.807, 2.05) is 25.8 Å². The van der Waals surface area contributed by atoms with Gasteiger partial charge in [0.15, 0.2) is 0 Å². The Morgan fingerprint density at radius 1 is 1.38 bits per heavy atom. The van der Waals surface area contributed by atoms with Crippen LogP contribution in [0.2, 0.25) is 0 Å². The summed E-state index contributed by atoms with van der Waals surface area (Å²) in [5, 5.41) is 3.35. The molecule has 4 heteroatoms. The first-order valence-corrected chi connectivity index (χ1v) is 6.02. The maximum absolute atomic E-state index is 12.2. The zero-order valence-corrected chi connectivity index (χ0v) is 10.9. The molecule has 1 aliphatic heterocycles. The molecule has 0 spiro atoms. The zero-order chi connectivity index (χ0) is 12.2. The van der Waals surface area contributed by atoms with Crippen molar-refractivity contribution in [2.75, 3.05) is 27.2 Å². The molecule has 0 aliphatic carbocycles. The van der Waals surface area contributed by atoms with Crippen molar-refractivity contribution in [2.24, 2.45) is 0 Å². The molecule has 1 aliphatic rings. The maximum atomic E-state index is 12.2. The fourth-order valence-electron chi connectivity index (χ4n) is 2.07. The molecule has 1 heterocycles. The van der Waals surface area contributed by atoms with E-state index in [2.05, 4.69) is 5.32 Å². The Hall–Kier alpha value is -0.610. The van der Waals surface area contributed by atoms with E-state index >= 15 is 0 Å². The summed E-state index contributed by atoms with van der Waals surface area (Å²) in [6, 6.07) is 0.344. The van der Waals surface area contributed by atoms with Gasteiger partial charge < -0.3 is 15.0 Å². The van der Waals surface area contributed by atoms with Crippen molar-refractivity contribution >= 4 is 5.91 Å². The van der Waals surface area contributed by atoms with Gasteiger partial charge in [0, 0.05) is 20.2 Å². The molecule has 4 nitrogen and oxygen atoms in total. The van der Waals surface area contributed by atoms with Crippen LogP contribution in [0.5, 0.6) is 0 Å². The van der Waals surface area contributed by atoms with Gasteiger partial charge in [-0.25, -0.2) is 0 Å². The highest BCUT2D eigenvalue weighted by atomic mass is 16.5. The van der Waals surface area contributed by atoms with Gasteiger partial charge in [-0.2, -0.15) is 0 Å². The van der Waals surface area contributed by atoms with Crippen LogP contribution in [0.1, 0.15) is 33.1 Å². The molecule has 94 valence electrons. The van der Waals surface area contributed by atoms with E-state index < -0.39 is 5.60 Å². The molecule has 1 unspecified atom stereocenters. The number of nitrogens with one attached hydrogen (secondary N) is 1. The van der Waals surface area contributed by atoms with E-state index in [0.29, 0.717) is 6.04 Å². The molecule has 1 atom stereocenters. The average molecular weight is 228 g/mol. The lowest BCUT2D eigenvalue weighted by Crippen LogP contribution is -2.49. The Morgan fingerprint density at radius 2 is 2.06 bits per heavy atom. The number of amides is 1. The number of carbonyl (C=O) groups is 1.